The van der Waals surface area contributed by atoms with E-state index in [1.54, 1.807) is 0 Å². The van der Waals surface area contributed by atoms with Crippen molar-refractivity contribution in [2.75, 3.05) is 38.1 Å². The topological polar surface area (TPSA) is 35.6 Å². The van der Waals surface area contributed by atoms with Crippen molar-refractivity contribution in [3.05, 3.63) is 65.2 Å². The summed E-state index contributed by atoms with van der Waals surface area (Å²) < 4.78 is 0. The molecule has 4 nitrogen and oxygen atoms in total. The highest BCUT2D eigenvalue weighted by molar-refractivity contribution is 5.76. The second-order valence-corrected chi connectivity index (χ2v) is 8.46. The summed E-state index contributed by atoms with van der Waals surface area (Å²) in [5.74, 6) is 0.150. The molecule has 0 aromatic heterocycles. The van der Waals surface area contributed by atoms with Crippen molar-refractivity contribution in [1.82, 2.24) is 10.2 Å². The van der Waals surface area contributed by atoms with Gasteiger partial charge in [-0.3, -0.25) is 9.69 Å². The summed E-state index contributed by atoms with van der Waals surface area (Å²) in [6.45, 7) is 4.05. The summed E-state index contributed by atoms with van der Waals surface area (Å²) in [4.78, 5) is 17.4. The fraction of sp³-hybridized carbons (Fsp3) is 0.480. The van der Waals surface area contributed by atoms with Crippen LogP contribution < -0.4 is 10.2 Å². The first kappa shape index (κ1) is 20.0. The maximum absolute atomic E-state index is 12.5. The average molecular weight is 392 g/mol. The molecule has 1 amide bonds. The molecule has 0 aliphatic carbocycles. The van der Waals surface area contributed by atoms with Gasteiger partial charge in [-0.25, -0.2) is 0 Å². The van der Waals surface area contributed by atoms with Crippen LogP contribution >= 0.6 is 0 Å². The molecule has 2 aromatic rings. The third kappa shape index (κ3) is 4.99. The van der Waals surface area contributed by atoms with E-state index >= 15 is 0 Å². The van der Waals surface area contributed by atoms with Gasteiger partial charge in [0.15, 0.2) is 0 Å². The van der Waals surface area contributed by atoms with Gasteiger partial charge in [-0.2, -0.15) is 0 Å². The first-order valence-corrected chi connectivity index (χ1v) is 11.1. The molecule has 1 atom stereocenters. The number of aryl methyl sites for hydroxylation is 1. The number of nitrogens with zero attached hydrogens (tertiary/aromatic N) is 2. The van der Waals surface area contributed by atoms with Crippen molar-refractivity contribution < 1.29 is 4.79 Å². The Bertz CT molecular complexity index is 814. The fourth-order valence-electron chi connectivity index (χ4n) is 4.68. The van der Waals surface area contributed by atoms with E-state index in [0.29, 0.717) is 13.0 Å². The number of carbonyl (C=O) groups is 1. The van der Waals surface area contributed by atoms with Crippen LogP contribution in [0.15, 0.2) is 48.5 Å². The smallest absolute Gasteiger partial charge is 0.220 e. The number of likely N-dealkylation sites (N-methyl/N-ethyl adjacent to an activating group) is 1. The van der Waals surface area contributed by atoms with Gasteiger partial charge < -0.3 is 10.2 Å². The molecule has 0 unspecified atom stereocenters. The number of nitrogens with one attached hydrogen (secondary N) is 1. The van der Waals surface area contributed by atoms with E-state index in [1.165, 1.54) is 41.6 Å². The van der Waals surface area contributed by atoms with Crippen LogP contribution in [0.25, 0.3) is 0 Å². The van der Waals surface area contributed by atoms with E-state index in [1.807, 2.05) is 18.2 Å². The summed E-state index contributed by atoms with van der Waals surface area (Å²) in [6.07, 6.45) is 6.30. The van der Waals surface area contributed by atoms with E-state index < -0.39 is 0 Å². The van der Waals surface area contributed by atoms with E-state index in [0.717, 1.165) is 32.5 Å². The number of hydrogen-bond acceptors (Lipinski definition) is 3. The summed E-state index contributed by atoms with van der Waals surface area (Å²) in [6, 6.07) is 17.5. The average Bonchev–Trinajstić information content (AvgIpc) is 3.14. The van der Waals surface area contributed by atoms with Gasteiger partial charge >= 0.3 is 0 Å². The number of hydrogen-bond donors (Lipinski definition) is 1. The second-order valence-electron chi connectivity index (χ2n) is 8.46. The molecule has 1 saturated heterocycles. The van der Waals surface area contributed by atoms with Crippen LogP contribution in [0.2, 0.25) is 0 Å². The Balaban J connectivity index is 1.41. The first-order chi connectivity index (χ1) is 14.2. The van der Waals surface area contributed by atoms with Crippen LogP contribution in [-0.2, 0) is 17.6 Å². The Hall–Kier alpha value is -2.33. The van der Waals surface area contributed by atoms with Crippen molar-refractivity contribution >= 4 is 11.6 Å². The van der Waals surface area contributed by atoms with Crippen LogP contribution in [0.4, 0.5) is 5.69 Å². The van der Waals surface area contributed by atoms with E-state index in [4.69, 9.17) is 0 Å². The number of benzene rings is 2. The molecular formula is C25H33N3O. The van der Waals surface area contributed by atoms with Gasteiger partial charge in [0.05, 0.1) is 6.04 Å². The third-order valence-corrected chi connectivity index (χ3v) is 6.42. The molecule has 0 saturated carbocycles. The normalized spacial score (nSPS) is 17.8. The Kier molecular flexibility index (Phi) is 6.50. The quantitative estimate of drug-likeness (QED) is 0.776. The van der Waals surface area contributed by atoms with Crippen LogP contribution in [0, 0.1) is 0 Å². The van der Waals surface area contributed by atoms with Gasteiger partial charge in [0.25, 0.3) is 0 Å². The number of piperidine rings is 1. The lowest BCUT2D eigenvalue weighted by molar-refractivity contribution is -0.121. The summed E-state index contributed by atoms with van der Waals surface area (Å²) in [7, 11) is 2.17. The van der Waals surface area contributed by atoms with Crippen molar-refractivity contribution in [3.63, 3.8) is 0 Å². The molecule has 2 aliphatic heterocycles. The number of anilines is 1. The first-order valence-electron chi connectivity index (χ1n) is 11.1. The van der Waals surface area contributed by atoms with Gasteiger partial charge in [-0.05, 0) is 61.5 Å². The van der Waals surface area contributed by atoms with Gasteiger partial charge in [0, 0.05) is 32.2 Å². The molecule has 0 radical (unpaired) electrons. The molecule has 0 spiro atoms. The van der Waals surface area contributed by atoms with E-state index in [-0.39, 0.29) is 11.9 Å². The van der Waals surface area contributed by atoms with E-state index in [2.05, 4.69) is 52.5 Å². The molecule has 4 rings (SSSR count). The zero-order valence-electron chi connectivity index (χ0n) is 17.6. The van der Waals surface area contributed by atoms with Crippen molar-refractivity contribution in [2.45, 2.75) is 44.6 Å². The number of likely N-dealkylation sites (tertiary alicyclic amines) is 1. The highest BCUT2D eigenvalue weighted by Crippen LogP contribution is 2.32. The Morgan fingerprint density at radius 1 is 1.03 bits per heavy atom. The van der Waals surface area contributed by atoms with Crippen LogP contribution in [-0.4, -0.2) is 44.0 Å². The largest absolute Gasteiger partial charge is 0.374 e. The minimum absolute atomic E-state index is 0.150. The molecule has 0 bridgehead atoms. The fourth-order valence-corrected chi connectivity index (χ4v) is 4.68. The molecule has 29 heavy (non-hydrogen) atoms. The van der Waals surface area contributed by atoms with Crippen LogP contribution in [0.1, 0.15) is 48.4 Å². The van der Waals surface area contributed by atoms with Gasteiger partial charge in [0.2, 0.25) is 5.91 Å². The van der Waals surface area contributed by atoms with Crippen LogP contribution in [0.5, 0.6) is 0 Å². The van der Waals surface area contributed by atoms with E-state index in [9.17, 15) is 4.79 Å². The Morgan fingerprint density at radius 3 is 2.62 bits per heavy atom. The van der Waals surface area contributed by atoms with Crippen molar-refractivity contribution in [3.8, 4) is 0 Å². The molecule has 2 heterocycles. The van der Waals surface area contributed by atoms with Gasteiger partial charge in [-0.1, -0.05) is 48.9 Å². The molecule has 4 heteroatoms. The number of fused-ring (bicyclic) bond motifs is 1. The predicted molar refractivity (Wildman–Crippen MR) is 119 cm³/mol. The highest BCUT2D eigenvalue weighted by Gasteiger charge is 2.25. The maximum Gasteiger partial charge on any atom is 0.220 e. The lowest BCUT2D eigenvalue weighted by Crippen LogP contribution is -2.40. The van der Waals surface area contributed by atoms with Gasteiger partial charge in [-0.15, -0.1) is 0 Å². The standard InChI is InChI=1S/C25H33N3O/c1-27-17-14-22-18-21(11-12-23(22)27)24(28-15-6-3-7-16-28)19-26-25(29)13-10-20-8-4-2-5-9-20/h2,4-5,8-9,11-12,18,24H,3,6-7,10,13-17,19H2,1H3,(H,26,29)/t24-/m0/s1. The molecule has 1 N–H and O–H groups in total. The lowest BCUT2D eigenvalue weighted by Gasteiger charge is -2.35. The summed E-state index contributed by atoms with van der Waals surface area (Å²) >= 11 is 0. The third-order valence-electron chi connectivity index (χ3n) is 6.42. The molecule has 1 fully saturated rings. The SMILES string of the molecule is CN1CCc2cc([C@H](CNC(=O)CCc3ccccc3)N3CCCCC3)ccc21. The zero-order valence-corrected chi connectivity index (χ0v) is 17.6. The maximum atomic E-state index is 12.5. The molecule has 154 valence electrons. The summed E-state index contributed by atoms with van der Waals surface area (Å²) in [5, 5.41) is 3.23. The number of rotatable bonds is 7. The van der Waals surface area contributed by atoms with Crippen LogP contribution in [0.3, 0.4) is 0 Å². The summed E-state index contributed by atoms with van der Waals surface area (Å²) in [5.41, 5.74) is 5.38. The Labute approximate surface area is 174 Å². The highest BCUT2D eigenvalue weighted by atomic mass is 16.1. The molecule has 2 aliphatic rings. The lowest BCUT2D eigenvalue weighted by atomic mass is 9.98. The zero-order chi connectivity index (χ0) is 20.1. The number of amides is 1. The van der Waals surface area contributed by atoms with Gasteiger partial charge in [0.1, 0.15) is 0 Å². The monoisotopic (exact) mass is 391 g/mol. The second kappa shape index (κ2) is 9.45. The molecular weight excluding hydrogens is 358 g/mol. The predicted octanol–water partition coefficient (Wildman–Crippen LogP) is 3.95. The van der Waals surface area contributed by atoms with Crippen molar-refractivity contribution in [2.24, 2.45) is 0 Å². The van der Waals surface area contributed by atoms with Crippen molar-refractivity contribution in [1.29, 1.82) is 0 Å². The minimum atomic E-state index is 0.150. The Morgan fingerprint density at radius 2 is 1.83 bits per heavy atom. The molecule has 2 aromatic carbocycles. The minimum Gasteiger partial charge on any atom is -0.374 e. The number of carbonyl (C=O) groups excluding carboxylic acids is 1.